The molecule has 3 rings (SSSR count). The molecule has 1 aromatic carbocycles. The van der Waals surface area contributed by atoms with Crippen LogP contribution in [-0.2, 0) is 19.7 Å². The Morgan fingerprint density at radius 3 is 2.58 bits per heavy atom. The molecule has 8 nitrogen and oxygen atoms in total. The molecule has 2 heterocycles. The van der Waals surface area contributed by atoms with Crippen molar-refractivity contribution >= 4 is 0 Å². The zero-order valence-corrected chi connectivity index (χ0v) is 12.3. The monoisotopic (exact) mass is 339 g/mol. The molecule has 0 spiro atoms. The summed E-state index contributed by atoms with van der Waals surface area (Å²) in [4.78, 5) is 4.55. The number of ether oxygens (including phenoxy) is 1. The zero-order valence-electron chi connectivity index (χ0n) is 12.3. The molecule has 11 heteroatoms. The number of alkyl halides is 3. The lowest BCUT2D eigenvalue weighted by Crippen LogP contribution is -2.20. The first-order valence-corrected chi connectivity index (χ1v) is 6.87. The molecular weight excluding hydrogens is 327 g/mol. The highest BCUT2D eigenvalue weighted by molar-refractivity contribution is 5.20. The van der Waals surface area contributed by atoms with Crippen LogP contribution in [0.1, 0.15) is 11.6 Å². The molecule has 0 aliphatic carbocycles. The van der Waals surface area contributed by atoms with E-state index in [0.717, 1.165) is 0 Å². The van der Waals surface area contributed by atoms with Gasteiger partial charge in [0.05, 0.1) is 0 Å². The average molecular weight is 339 g/mol. The van der Waals surface area contributed by atoms with Crippen LogP contribution in [0.15, 0.2) is 36.7 Å². The van der Waals surface area contributed by atoms with E-state index in [-0.39, 0.29) is 19.0 Å². The quantitative estimate of drug-likeness (QED) is 0.676. The largest absolute Gasteiger partial charge is 0.486 e. The van der Waals surface area contributed by atoms with Gasteiger partial charge >= 0.3 is 6.18 Å². The van der Waals surface area contributed by atoms with Gasteiger partial charge in [-0.2, -0.15) is 23.1 Å². The molecule has 24 heavy (non-hydrogen) atoms. The number of hydrogen-bond donors (Lipinski definition) is 0. The van der Waals surface area contributed by atoms with E-state index in [1.165, 1.54) is 11.0 Å². The SMILES string of the molecule is FC(F)(F)Cn1nnc(Cn2cnc(COc3ccccc3)n2)n1. The summed E-state index contributed by atoms with van der Waals surface area (Å²) in [6.45, 7) is -1.05. The summed E-state index contributed by atoms with van der Waals surface area (Å²) in [5, 5.41) is 14.7. The predicted octanol–water partition coefficient (Wildman–Crippen LogP) is 1.45. The molecule has 0 atom stereocenters. The van der Waals surface area contributed by atoms with E-state index in [2.05, 4.69) is 25.5 Å². The highest BCUT2D eigenvalue weighted by Crippen LogP contribution is 2.16. The summed E-state index contributed by atoms with van der Waals surface area (Å²) in [7, 11) is 0. The first-order chi connectivity index (χ1) is 11.5. The van der Waals surface area contributed by atoms with Crippen molar-refractivity contribution in [1.29, 1.82) is 0 Å². The van der Waals surface area contributed by atoms with Gasteiger partial charge in [0.15, 0.2) is 18.2 Å². The fraction of sp³-hybridized carbons (Fsp3) is 0.308. The van der Waals surface area contributed by atoms with Crippen LogP contribution in [0.25, 0.3) is 0 Å². The molecule has 3 aromatic rings. The van der Waals surface area contributed by atoms with Gasteiger partial charge in [-0.1, -0.05) is 18.2 Å². The van der Waals surface area contributed by atoms with Gasteiger partial charge in [-0.05, 0) is 17.3 Å². The van der Waals surface area contributed by atoms with Crippen molar-refractivity contribution in [2.75, 3.05) is 0 Å². The van der Waals surface area contributed by atoms with Gasteiger partial charge in [-0.25, -0.2) is 9.67 Å². The first kappa shape index (κ1) is 15.9. The van der Waals surface area contributed by atoms with Crippen LogP contribution in [0, 0.1) is 0 Å². The molecule has 0 bridgehead atoms. The topological polar surface area (TPSA) is 83.5 Å². The third kappa shape index (κ3) is 4.51. The fourth-order valence-corrected chi connectivity index (χ4v) is 1.85. The maximum atomic E-state index is 12.2. The lowest BCUT2D eigenvalue weighted by Gasteiger charge is -2.02. The van der Waals surface area contributed by atoms with E-state index in [1.807, 2.05) is 18.2 Å². The zero-order chi connectivity index (χ0) is 17.0. The van der Waals surface area contributed by atoms with Gasteiger partial charge in [0.25, 0.3) is 0 Å². The molecule has 0 saturated heterocycles. The molecule has 0 fully saturated rings. The van der Waals surface area contributed by atoms with Gasteiger partial charge in [0.1, 0.15) is 25.2 Å². The maximum Gasteiger partial charge on any atom is 0.409 e. The van der Waals surface area contributed by atoms with Crippen molar-refractivity contribution < 1.29 is 17.9 Å². The molecule has 0 saturated carbocycles. The molecule has 0 N–H and O–H groups in total. The number of tetrazole rings is 1. The molecule has 2 aromatic heterocycles. The molecule has 0 radical (unpaired) electrons. The minimum Gasteiger partial charge on any atom is -0.486 e. The number of benzene rings is 1. The lowest BCUT2D eigenvalue weighted by atomic mass is 10.3. The summed E-state index contributed by atoms with van der Waals surface area (Å²) < 4.78 is 43.6. The summed E-state index contributed by atoms with van der Waals surface area (Å²) >= 11 is 0. The molecule has 0 amide bonds. The van der Waals surface area contributed by atoms with Gasteiger partial charge in [-0.15, -0.1) is 10.2 Å². The first-order valence-electron chi connectivity index (χ1n) is 6.87. The summed E-state index contributed by atoms with van der Waals surface area (Å²) in [6, 6.07) is 9.17. The Hall–Kier alpha value is -2.98. The van der Waals surface area contributed by atoms with E-state index in [9.17, 15) is 13.2 Å². The van der Waals surface area contributed by atoms with Crippen LogP contribution in [0.4, 0.5) is 13.2 Å². The van der Waals surface area contributed by atoms with Crippen molar-refractivity contribution in [3.05, 3.63) is 48.3 Å². The van der Waals surface area contributed by atoms with Gasteiger partial charge in [0, 0.05) is 0 Å². The highest BCUT2D eigenvalue weighted by Gasteiger charge is 2.29. The van der Waals surface area contributed by atoms with Crippen molar-refractivity contribution in [2.24, 2.45) is 0 Å². The Morgan fingerprint density at radius 2 is 1.83 bits per heavy atom. The van der Waals surface area contributed by atoms with Crippen LogP contribution < -0.4 is 4.74 Å². The maximum absolute atomic E-state index is 12.2. The van der Waals surface area contributed by atoms with Gasteiger partial charge < -0.3 is 4.74 Å². The smallest absolute Gasteiger partial charge is 0.409 e. The van der Waals surface area contributed by atoms with E-state index in [0.29, 0.717) is 16.4 Å². The Balaban J connectivity index is 1.56. The van der Waals surface area contributed by atoms with Crippen LogP contribution >= 0.6 is 0 Å². The predicted molar refractivity (Wildman–Crippen MR) is 73.8 cm³/mol. The van der Waals surface area contributed by atoms with Crippen molar-refractivity contribution in [2.45, 2.75) is 25.9 Å². The van der Waals surface area contributed by atoms with Crippen LogP contribution in [0.2, 0.25) is 0 Å². The molecular formula is C13H12F3N7O. The third-order valence-electron chi connectivity index (χ3n) is 2.81. The number of para-hydroxylation sites is 1. The normalized spacial score (nSPS) is 11.6. The van der Waals surface area contributed by atoms with Crippen molar-refractivity contribution in [3.63, 3.8) is 0 Å². The Kier molecular flexibility index (Phi) is 4.40. The van der Waals surface area contributed by atoms with Crippen molar-refractivity contribution in [3.8, 4) is 5.75 Å². The van der Waals surface area contributed by atoms with Crippen LogP contribution in [-0.4, -0.2) is 41.1 Å². The molecule has 0 unspecified atom stereocenters. The second-order valence-corrected chi connectivity index (χ2v) is 4.81. The van der Waals surface area contributed by atoms with E-state index in [4.69, 9.17) is 4.74 Å². The number of halogens is 3. The third-order valence-corrected chi connectivity index (χ3v) is 2.81. The number of nitrogens with zero attached hydrogens (tertiary/aromatic N) is 7. The lowest BCUT2D eigenvalue weighted by molar-refractivity contribution is -0.145. The standard InChI is InChI=1S/C13H12F3N7O/c14-13(15,16)8-23-20-11(18-21-23)6-22-9-17-12(19-22)7-24-10-4-2-1-3-5-10/h1-5,9H,6-8H2. The molecule has 126 valence electrons. The molecule has 0 aliphatic heterocycles. The van der Waals surface area contributed by atoms with Gasteiger partial charge in [-0.3, -0.25) is 0 Å². The number of hydrogen-bond acceptors (Lipinski definition) is 6. The van der Waals surface area contributed by atoms with Crippen LogP contribution in [0.5, 0.6) is 5.75 Å². The second-order valence-electron chi connectivity index (χ2n) is 4.81. The summed E-state index contributed by atoms with van der Waals surface area (Å²) in [5.74, 6) is 1.23. The average Bonchev–Trinajstić information content (AvgIpc) is 3.15. The Bertz CT molecular complexity index is 784. The summed E-state index contributed by atoms with van der Waals surface area (Å²) in [5.41, 5.74) is 0. The minimum atomic E-state index is -4.40. The van der Waals surface area contributed by atoms with E-state index in [1.54, 1.807) is 12.1 Å². The fourth-order valence-electron chi connectivity index (χ4n) is 1.85. The molecule has 0 aliphatic rings. The minimum absolute atomic E-state index is 0.0657. The highest BCUT2D eigenvalue weighted by atomic mass is 19.4. The van der Waals surface area contributed by atoms with E-state index < -0.39 is 12.7 Å². The number of aromatic nitrogens is 7. The van der Waals surface area contributed by atoms with E-state index >= 15 is 0 Å². The second kappa shape index (κ2) is 6.64. The summed E-state index contributed by atoms with van der Waals surface area (Å²) in [6.07, 6.45) is -2.97. The Morgan fingerprint density at radius 1 is 1.04 bits per heavy atom. The Labute approximate surface area is 133 Å². The van der Waals surface area contributed by atoms with Gasteiger partial charge in [0.2, 0.25) is 0 Å². The van der Waals surface area contributed by atoms with Crippen LogP contribution in [0.3, 0.4) is 0 Å². The number of rotatable bonds is 6. The van der Waals surface area contributed by atoms with Crippen molar-refractivity contribution in [1.82, 2.24) is 35.0 Å².